The van der Waals surface area contributed by atoms with Crippen LogP contribution in [0.2, 0.25) is 0 Å². The lowest BCUT2D eigenvalue weighted by Gasteiger charge is -2.03. The summed E-state index contributed by atoms with van der Waals surface area (Å²) in [6.07, 6.45) is 1.19. The lowest BCUT2D eigenvalue weighted by molar-refractivity contribution is 0.193. The molecule has 0 unspecified atom stereocenters. The molecular formula is C8H10FNO. The second kappa shape index (κ2) is 3.44. The van der Waals surface area contributed by atoms with Gasteiger partial charge in [0.25, 0.3) is 0 Å². The molecule has 2 nitrogen and oxygen atoms in total. The summed E-state index contributed by atoms with van der Waals surface area (Å²) in [4.78, 5) is 3.45. The first-order valence-electron chi connectivity index (χ1n) is 3.47. The molecule has 1 atom stereocenters. The lowest BCUT2D eigenvalue weighted by Crippen LogP contribution is -2.06. The summed E-state index contributed by atoms with van der Waals surface area (Å²) < 4.78 is 12.7. The molecule has 1 aromatic rings. The van der Waals surface area contributed by atoms with Gasteiger partial charge in [-0.3, -0.25) is 0 Å². The van der Waals surface area contributed by atoms with Gasteiger partial charge < -0.3 is 5.11 Å². The van der Waals surface area contributed by atoms with Gasteiger partial charge in [0.15, 0.2) is 0 Å². The van der Waals surface area contributed by atoms with Crippen molar-refractivity contribution in [3.05, 3.63) is 29.8 Å². The Kier molecular flexibility index (Phi) is 2.54. The maximum Gasteiger partial charge on any atom is 0.216 e. The normalized spacial score (nSPS) is 13.0. The minimum Gasteiger partial charge on any atom is -0.393 e. The van der Waals surface area contributed by atoms with Crippen LogP contribution in [-0.2, 0) is 6.42 Å². The monoisotopic (exact) mass is 155 g/mol. The quantitative estimate of drug-likeness (QED) is 0.650. The maximum atomic E-state index is 12.7. The van der Waals surface area contributed by atoms with Crippen LogP contribution in [0, 0.1) is 5.95 Å². The fraction of sp³-hybridized carbons (Fsp3) is 0.375. The number of halogens is 1. The zero-order chi connectivity index (χ0) is 8.27. The van der Waals surface area contributed by atoms with E-state index in [9.17, 15) is 4.39 Å². The average molecular weight is 155 g/mol. The summed E-state index contributed by atoms with van der Waals surface area (Å²) in [6.45, 7) is 1.62. The van der Waals surface area contributed by atoms with Crippen LogP contribution in [0.25, 0.3) is 0 Å². The van der Waals surface area contributed by atoms with Gasteiger partial charge in [-0.2, -0.15) is 4.39 Å². The van der Waals surface area contributed by atoms with Gasteiger partial charge in [-0.15, -0.1) is 0 Å². The van der Waals surface area contributed by atoms with Crippen molar-refractivity contribution in [2.45, 2.75) is 19.4 Å². The van der Waals surface area contributed by atoms with E-state index in [2.05, 4.69) is 4.98 Å². The molecule has 60 valence electrons. The molecule has 0 amide bonds. The Bertz CT molecular complexity index is 237. The molecule has 11 heavy (non-hydrogen) atoms. The topological polar surface area (TPSA) is 33.1 Å². The Morgan fingerprint density at radius 3 is 3.00 bits per heavy atom. The highest BCUT2D eigenvalue weighted by atomic mass is 19.1. The Morgan fingerprint density at radius 1 is 1.73 bits per heavy atom. The van der Waals surface area contributed by atoms with Gasteiger partial charge in [0, 0.05) is 18.2 Å². The van der Waals surface area contributed by atoms with E-state index in [-0.39, 0.29) is 0 Å². The first kappa shape index (κ1) is 8.14. The fourth-order valence-corrected chi connectivity index (χ4v) is 0.890. The number of aliphatic hydroxyl groups is 1. The zero-order valence-corrected chi connectivity index (χ0v) is 6.29. The summed E-state index contributed by atoms with van der Waals surface area (Å²) in [7, 11) is 0. The molecule has 0 bridgehead atoms. The van der Waals surface area contributed by atoms with Gasteiger partial charge in [-0.1, -0.05) is 6.07 Å². The predicted molar refractivity (Wildman–Crippen MR) is 39.6 cm³/mol. The largest absolute Gasteiger partial charge is 0.393 e. The van der Waals surface area contributed by atoms with E-state index in [0.717, 1.165) is 0 Å². The molecule has 1 aromatic heterocycles. The van der Waals surface area contributed by atoms with Gasteiger partial charge in [0.1, 0.15) is 0 Å². The molecule has 1 heterocycles. The summed E-state index contributed by atoms with van der Waals surface area (Å²) >= 11 is 0. The number of hydrogen-bond donors (Lipinski definition) is 1. The third kappa shape index (κ3) is 2.27. The summed E-state index contributed by atoms with van der Waals surface area (Å²) in [5, 5.41) is 8.94. The Morgan fingerprint density at radius 2 is 2.45 bits per heavy atom. The van der Waals surface area contributed by atoms with Crippen molar-refractivity contribution in [1.29, 1.82) is 0 Å². The second-order valence-corrected chi connectivity index (χ2v) is 2.51. The molecule has 1 rings (SSSR count). The molecule has 0 spiro atoms. The molecule has 3 heteroatoms. The number of hydrogen-bond acceptors (Lipinski definition) is 2. The van der Waals surface area contributed by atoms with Crippen LogP contribution in [0.1, 0.15) is 12.5 Å². The molecule has 0 radical (unpaired) electrons. The Labute approximate surface area is 64.7 Å². The average Bonchev–Trinajstić information content (AvgIpc) is 1.93. The maximum absolute atomic E-state index is 12.7. The highest BCUT2D eigenvalue weighted by Gasteiger charge is 2.04. The van der Waals surface area contributed by atoms with E-state index in [4.69, 9.17) is 5.11 Å². The smallest absolute Gasteiger partial charge is 0.216 e. The molecular weight excluding hydrogens is 145 g/mol. The first-order valence-corrected chi connectivity index (χ1v) is 3.47. The van der Waals surface area contributed by atoms with Crippen LogP contribution in [0.5, 0.6) is 0 Å². The summed E-state index contributed by atoms with van der Waals surface area (Å²) in [5.74, 6) is -0.492. The van der Waals surface area contributed by atoms with E-state index in [0.29, 0.717) is 12.0 Å². The van der Waals surface area contributed by atoms with Gasteiger partial charge in [-0.05, 0) is 13.0 Å². The van der Waals surface area contributed by atoms with Crippen molar-refractivity contribution in [1.82, 2.24) is 4.98 Å². The zero-order valence-electron chi connectivity index (χ0n) is 6.29. The highest BCUT2D eigenvalue weighted by molar-refractivity contribution is 5.11. The molecule has 0 aromatic carbocycles. The molecule has 0 aliphatic heterocycles. The van der Waals surface area contributed by atoms with E-state index in [1.54, 1.807) is 19.1 Å². The molecule has 1 N–H and O–H groups in total. The van der Waals surface area contributed by atoms with Crippen LogP contribution >= 0.6 is 0 Å². The predicted octanol–water partition coefficient (Wildman–Crippen LogP) is 1.14. The van der Waals surface area contributed by atoms with E-state index < -0.39 is 12.1 Å². The van der Waals surface area contributed by atoms with Gasteiger partial charge in [0.2, 0.25) is 5.95 Å². The minimum atomic E-state index is -0.520. The van der Waals surface area contributed by atoms with Crippen molar-refractivity contribution in [3.8, 4) is 0 Å². The van der Waals surface area contributed by atoms with E-state index >= 15 is 0 Å². The highest BCUT2D eigenvalue weighted by Crippen LogP contribution is 2.05. The summed E-state index contributed by atoms with van der Waals surface area (Å²) in [6, 6.07) is 3.27. The van der Waals surface area contributed by atoms with Gasteiger partial charge >= 0.3 is 0 Å². The van der Waals surface area contributed by atoms with Crippen LogP contribution < -0.4 is 0 Å². The van der Waals surface area contributed by atoms with Crippen molar-refractivity contribution < 1.29 is 9.50 Å². The Balaban J connectivity index is 2.78. The fourth-order valence-electron chi connectivity index (χ4n) is 0.890. The number of aliphatic hydroxyl groups excluding tert-OH is 1. The standard InChI is InChI=1S/C8H10FNO/c1-6(11)5-7-3-2-4-10-8(7)9/h2-4,6,11H,5H2,1H3/t6-/m1/s1. The minimum absolute atomic E-state index is 0.319. The first-order chi connectivity index (χ1) is 5.20. The summed E-state index contributed by atoms with van der Waals surface area (Å²) in [5.41, 5.74) is 0.461. The van der Waals surface area contributed by atoms with Crippen molar-refractivity contribution in [2.24, 2.45) is 0 Å². The van der Waals surface area contributed by atoms with Crippen LogP contribution in [-0.4, -0.2) is 16.2 Å². The number of rotatable bonds is 2. The number of nitrogens with zero attached hydrogens (tertiary/aromatic N) is 1. The Hall–Kier alpha value is -0.960. The second-order valence-electron chi connectivity index (χ2n) is 2.51. The van der Waals surface area contributed by atoms with Crippen molar-refractivity contribution in [3.63, 3.8) is 0 Å². The third-order valence-electron chi connectivity index (χ3n) is 1.35. The number of pyridine rings is 1. The van der Waals surface area contributed by atoms with E-state index in [1.807, 2.05) is 0 Å². The van der Waals surface area contributed by atoms with Crippen LogP contribution in [0.15, 0.2) is 18.3 Å². The molecule has 0 saturated carbocycles. The molecule has 0 aliphatic carbocycles. The van der Waals surface area contributed by atoms with Crippen LogP contribution in [0.3, 0.4) is 0 Å². The van der Waals surface area contributed by atoms with Gasteiger partial charge in [-0.25, -0.2) is 4.98 Å². The molecule has 0 fully saturated rings. The van der Waals surface area contributed by atoms with Crippen molar-refractivity contribution >= 4 is 0 Å². The van der Waals surface area contributed by atoms with Gasteiger partial charge in [0.05, 0.1) is 6.10 Å². The lowest BCUT2D eigenvalue weighted by atomic mass is 10.1. The van der Waals surface area contributed by atoms with Crippen LogP contribution in [0.4, 0.5) is 4.39 Å². The number of aromatic nitrogens is 1. The SMILES string of the molecule is C[C@@H](O)Cc1cccnc1F. The van der Waals surface area contributed by atoms with Crippen molar-refractivity contribution in [2.75, 3.05) is 0 Å². The molecule has 0 saturated heterocycles. The molecule has 0 aliphatic rings. The third-order valence-corrected chi connectivity index (χ3v) is 1.35. The van der Waals surface area contributed by atoms with E-state index in [1.165, 1.54) is 6.20 Å².